The summed E-state index contributed by atoms with van der Waals surface area (Å²) in [5.74, 6) is 0.735. The van der Waals surface area contributed by atoms with E-state index in [4.69, 9.17) is 0 Å². The number of hydrogen-bond acceptors (Lipinski definition) is 4. The second-order valence-corrected chi connectivity index (χ2v) is 7.55. The van der Waals surface area contributed by atoms with Gasteiger partial charge in [-0.2, -0.15) is 5.10 Å². The average molecular weight is 375 g/mol. The summed E-state index contributed by atoms with van der Waals surface area (Å²) in [6, 6.07) is -0.399. The number of piperidine rings is 1. The Labute approximate surface area is 159 Å². The molecule has 27 heavy (non-hydrogen) atoms. The second-order valence-electron chi connectivity index (χ2n) is 7.55. The number of urea groups is 1. The monoisotopic (exact) mass is 375 g/mol. The molecule has 0 spiro atoms. The highest BCUT2D eigenvalue weighted by Crippen LogP contribution is 2.30. The van der Waals surface area contributed by atoms with Gasteiger partial charge in [-0.3, -0.25) is 19.8 Å². The van der Waals surface area contributed by atoms with Crippen LogP contribution in [0.15, 0.2) is 4.99 Å². The quantitative estimate of drug-likeness (QED) is 0.404. The van der Waals surface area contributed by atoms with E-state index in [0.29, 0.717) is 6.54 Å². The van der Waals surface area contributed by atoms with Crippen LogP contribution in [0.5, 0.6) is 0 Å². The summed E-state index contributed by atoms with van der Waals surface area (Å²) in [5, 5.41) is 13.0. The van der Waals surface area contributed by atoms with E-state index in [0.717, 1.165) is 43.3 Å². The topological polar surface area (TPSA) is 104 Å². The van der Waals surface area contributed by atoms with Crippen molar-refractivity contribution in [1.29, 1.82) is 0 Å². The predicted molar refractivity (Wildman–Crippen MR) is 102 cm³/mol. The third-order valence-corrected chi connectivity index (χ3v) is 5.98. The van der Waals surface area contributed by atoms with Gasteiger partial charge in [0.05, 0.1) is 5.69 Å². The number of amides is 3. The Hall–Kier alpha value is -2.58. The minimum absolute atomic E-state index is 0.112. The van der Waals surface area contributed by atoms with Crippen LogP contribution in [0, 0.1) is 19.8 Å². The van der Waals surface area contributed by atoms with Crippen LogP contribution in [0.3, 0.4) is 0 Å². The Bertz CT molecular complexity index is 777. The fourth-order valence-corrected chi connectivity index (χ4v) is 4.09. The maximum absolute atomic E-state index is 12.2. The molecular weight excluding hydrogens is 346 g/mol. The predicted octanol–water partition coefficient (Wildman–Crippen LogP) is 0.422. The molecule has 9 heteroatoms. The molecular formula is C18H29N7O2. The summed E-state index contributed by atoms with van der Waals surface area (Å²) >= 11 is 0. The number of aryl methyl sites for hydroxylation is 2. The molecule has 2 aliphatic rings. The molecule has 2 aliphatic heterocycles. The first-order valence-electron chi connectivity index (χ1n) is 9.34. The molecule has 9 nitrogen and oxygen atoms in total. The molecule has 3 amide bonds. The van der Waals surface area contributed by atoms with Gasteiger partial charge >= 0.3 is 6.03 Å². The van der Waals surface area contributed by atoms with E-state index >= 15 is 0 Å². The Morgan fingerprint density at radius 1 is 1.33 bits per heavy atom. The minimum Gasteiger partial charge on any atom is -0.352 e. The number of imide groups is 1. The lowest BCUT2D eigenvalue weighted by molar-refractivity contribution is -0.125. The first-order valence-corrected chi connectivity index (χ1v) is 9.34. The molecule has 0 bridgehead atoms. The third-order valence-electron chi connectivity index (χ3n) is 5.98. The number of aromatic nitrogens is 2. The Balaban J connectivity index is 1.59. The first-order chi connectivity index (χ1) is 12.8. The molecule has 0 aliphatic carbocycles. The first kappa shape index (κ1) is 19.2. The van der Waals surface area contributed by atoms with Crippen LogP contribution in [-0.4, -0.2) is 58.3 Å². The van der Waals surface area contributed by atoms with Crippen LogP contribution in [0.1, 0.15) is 36.7 Å². The summed E-state index contributed by atoms with van der Waals surface area (Å²) < 4.78 is 1.89. The van der Waals surface area contributed by atoms with Crippen molar-refractivity contribution in [1.82, 2.24) is 30.6 Å². The molecule has 1 aromatic heterocycles. The Kier molecular flexibility index (Phi) is 5.12. The van der Waals surface area contributed by atoms with E-state index in [1.54, 1.807) is 7.05 Å². The highest BCUT2D eigenvalue weighted by Gasteiger charge is 2.48. The smallest absolute Gasteiger partial charge is 0.322 e. The molecule has 1 aromatic rings. The van der Waals surface area contributed by atoms with Crippen LogP contribution in [0.25, 0.3) is 0 Å². The van der Waals surface area contributed by atoms with Gasteiger partial charge in [0.15, 0.2) is 5.96 Å². The zero-order valence-electron chi connectivity index (χ0n) is 16.7. The van der Waals surface area contributed by atoms with Gasteiger partial charge in [-0.05, 0) is 39.5 Å². The number of nitrogens with zero attached hydrogens (tertiary/aromatic N) is 4. The van der Waals surface area contributed by atoms with Gasteiger partial charge in [-0.25, -0.2) is 4.79 Å². The molecule has 1 atom stereocenters. The standard InChI is InChI=1S/C18H29N7O2/c1-11-14(12(2)24(5)23-11)10-20-16(19-4)25-8-6-13(7-9-25)18(3)15(26)21-17(27)22-18/h13H,6-10H2,1-5H3,(H,19,20)(H2,21,22,26,27). The number of aliphatic imine (C=N–C) groups is 1. The second kappa shape index (κ2) is 7.21. The number of carbonyl (C=O) groups is 2. The van der Waals surface area contributed by atoms with Crippen molar-refractivity contribution in [2.75, 3.05) is 20.1 Å². The van der Waals surface area contributed by atoms with Crippen LogP contribution in [0.2, 0.25) is 0 Å². The van der Waals surface area contributed by atoms with E-state index < -0.39 is 11.6 Å². The van der Waals surface area contributed by atoms with Gasteiger partial charge in [0.25, 0.3) is 5.91 Å². The highest BCUT2D eigenvalue weighted by molar-refractivity contribution is 6.07. The third kappa shape index (κ3) is 3.50. The molecule has 148 valence electrons. The molecule has 2 fully saturated rings. The van der Waals surface area contributed by atoms with E-state index in [1.165, 1.54) is 5.56 Å². The van der Waals surface area contributed by atoms with Gasteiger partial charge in [0, 0.05) is 45.0 Å². The van der Waals surface area contributed by atoms with E-state index in [9.17, 15) is 9.59 Å². The molecule has 3 N–H and O–H groups in total. The van der Waals surface area contributed by atoms with Crippen LogP contribution in [-0.2, 0) is 18.4 Å². The summed E-state index contributed by atoms with van der Waals surface area (Å²) in [6.07, 6.45) is 1.63. The van der Waals surface area contributed by atoms with Crippen LogP contribution in [0.4, 0.5) is 4.79 Å². The van der Waals surface area contributed by atoms with Gasteiger partial charge in [-0.15, -0.1) is 0 Å². The zero-order valence-corrected chi connectivity index (χ0v) is 16.7. The zero-order chi connectivity index (χ0) is 19.8. The summed E-state index contributed by atoms with van der Waals surface area (Å²) in [4.78, 5) is 30.3. The van der Waals surface area contributed by atoms with Gasteiger partial charge in [0.2, 0.25) is 0 Å². The Morgan fingerprint density at radius 3 is 2.48 bits per heavy atom. The molecule has 3 rings (SSSR count). The minimum atomic E-state index is -0.815. The molecule has 0 saturated carbocycles. The molecule has 0 aromatic carbocycles. The summed E-state index contributed by atoms with van der Waals surface area (Å²) in [5.41, 5.74) is 2.54. The fourth-order valence-electron chi connectivity index (χ4n) is 4.09. The summed E-state index contributed by atoms with van der Waals surface area (Å²) in [7, 11) is 3.73. The van der Waals surface area contributed by atoms with E-state index in [2.05, 4.69) is 37.9 Å². The number of carbonyl (C=O) groups excluding carboxylic acids is 2. The molecule has 2 saturated heterocycles. The lowest BCUT2D eigenvalue weighted by Gasteiger charge is -2.39. The fraction of sp³-hybridized carbons (Fsp3) is 0.667. The van der Waals surface area contributed by atoms with Gasteiger partial charge < -0.3 is 15.5 Å². The lowest BCUT2D eigenvalue weighted by atomic mass is 9.79. The maximum Gasteiger partial charge on any atom is 0.322 e. The van der Waals surface area contributed by atoms with Crippen molar-refractivity contribution >= 4 is 17.9 Å². The number of hydrogen-bond donors (Lipinski definition) is 3. The highest BCUT2D eigenvalue weighted by atomic mass is 16.2. The van der Waals surface area contributed by atoms with Crippen molar-refractivity contribution in [3.63, 3.8) is 0 Å². The summed E-state index contributed by atoms with van der Waals surface area (Å²) in [6.45, 7) is 8.14. The molecule has 0 radical (unpaired) electrons. The largest absolute Gasteiger partial charge is 0.352 e. The number of guanidine groups is 1. The van der Waals surface area contributed by atoms with Crippen LogP contribution >= 0.6 is 0 Å². The number of nitrogens with one attached hydrogen (secondary N) is 3. The van der Waals surface area contributed by atoms with E-state index in [1.807, 2.05) is 25.6 Å². The number of likely N-dealkylation sites (tertiary alicyclic amines) is 1. The maximum atomic E-state index is 12.2. The Morgan fingerprint density at radius 2 is 2.00 bits per heavy atom. The van der Waals surface area contributed by atoms with Gasteiger partial charge in [0.1, 0.15) is 5.54 Å². The number of rotatable bonds is 3. The van der Waals surface area contributed by atoms with Crippen molar-refractivity contribution in [2.24, 2.45) is 18.0 Å². The molecule has 1 unspecified atom stereocenters. The van der Waals surface area contributed by atoms with Gasteiger partial charge in [-0.1, -0.05) is 0 Å². The lowest BCUT2D eigenvalue weighted by Crippen LogP contribution is -2.55. The van der Waals surface area contributed by atoms with Crippen molar-refractivity contribution in [3.8, 4) is 0 Å². The van der Waals surface area contributed by atoms with E-state index in [-0.39, 0.29) is 11.8 Å². The van der Waals surface area contributed by atoms with Crippen molar-refractivity contribution in [3.05, 3.63) is 17.0 Å². The normalized spacial score (nSPS) is 24.2. The van der Waals surface area contributed by atoms with Crippen molar-refractivity contribution in [2.45, 2.75) is 45.7 Å². The van der Waals surface area contributed by atoms with Crippen LogP contribution < -0.4 is 16.0 Å². The average Bonchev–Trinajstić information content (AvgIpc) is 3.04. The molecule has 3 heterocycles. The SMILES string of the molecule is CN=C(NCc1c(C)nn(C)c1C)N1CCC(C2(C)NC(=O)NC2=O)CC1. The van der Waals surface area contributed by atoms with Crippen molar-refractivity contribution < 1.29 is 9.59 Å².